The number of benzene rings is 2. The van der Waals surface area contributed by atoms with E-state index >= 15 is 0 Å². The van der Waals surface area contributed by atoms with Crippen molar-refractivity contribution in [1.29, 1.82) is 0 Å². The van der Waals surface area contributed by atoms with Crippen LogP contribution in [-0.2, 0) is 9.59 Å². The van der Waals surface area contributed by atoms with E-state index in [1.54, 1.807) is 12.2 Å². The molecule has 0 aliphatic carbocycles. The molecule has 0 bridgehead atoms. The highest BCUT2D eigenvalue weighted by Gasteiger charge is 2.30. The number of hydrogen-bond acceptors (Lipinski definition) is 4. The molecule has 0 fully saturated rings. The molecule has 1 heterocycles. The molecular formula is C22H18Br2N2O3S. The Morgan fingerprint density at radius 1 is 1.30 bits per heavy atom. The van der Waals surface area contributed by atoms with Crippen LogP contribution in [0.2, 0.25) is 0 Å². The fourth-order valence-electron chi connectivity index (χ4n) is 2.84. The van der Waals surface area contributed by atoms with Gasteiger partial charge in [0.15, 0.2) is 5.17 Å². The predicted molar refractivity (Wildman–Crippen MR) is 130 cm³/mol. The fraction of sp³-hybridized carbons (Fsp3) is 0.136. The minimum atomic E-state index is -0.402. The van der Waals surface area contributed by atoms with Crippen molar-refractivity contribution in [1.82, 2.24) is 0 Å². The number of nitrogens with zero attached hydrogens (tertiary/aromatic N) is 2. The smallest absolute Gasteiger partial charge is 0.286 e. The maximum absolute atomic E-state index is 12.6. The molecule has 2 aromatic rings. The van der Waals surface area contributed by atoms with Crippen LogP contribution in [0.25, 0.3) is 6.08 Å². The van der Waals surface area contributed by atoms with E-state index in [1.807, 2.05) is 43.3 Å². The van der Waals surface area contributed by atoms with Crippen LogP contribution in [0.15, 0.2) is 67.9 Å². The minimum Gasteiger partial charge on any atom is -0.488 e. The fourth-order valence-corrected chi connectivity index (χ4v) is 5.17. The van der Waals surface area contributed by atoms with Gasteiger partial charge in [0.1, 0.15) is 12.4 Å². The average molecular weight is 550 g/mol. The van der Waals surface area contributed by atoms with Crippen molar-refractivity contribution in [3.8, 4) is 5.75 Å². The van der Waals surface area contributed by atoms with Crippen molar-refractivity contribution in [3.63, 3.8) is 0 Å². The summed E-state index contributed by atoms with van der Waals surface area (Å²) in [5.41, 5.74) is 2.32. The largest absolute Gasteiger partial charge is 0.488 e. The highest BCUT2D eigenvalue weighted by atomic mass is 79.9. The Kier molecular flexibility index (Phi) is 7.33. The second kappa shape index (κ2) is 9.76. The molecule has 0 N–H and O–H groups in total. The molecule has 0 unspecified atom stereocenters. The van der Waals surface area contributed by atoms with E-state index in [1.165, 1.54) is 11.8 Å². The van der Waals surface area contributed by atoms with Gasteiger partial charge < -0.3 is 4.74 Å². The Balaban J connectivity index is 1.98. The summed E-state index contributed by atoms with van der Waals surface area (Å²) in [4.78, 5) is 31.0. The van der Waals surface area contributed by atoms with Gasteiger partial charge in [-0.1, -0.05) is 46.8 Å². The lowest BCUT2D eigenvalue weighted by Gasteiger charge is -2.21. The number of aryl methyl sites for hydroxylation is 1. The summed E-state index contributed by atoms with van der Waals surface area (Å²) < 4.78 is 7.33. The Bertz CT molecular complexity index is 1100. The number of ether oxygens (including phenoxy) is 1. The first-order valence-corrected chi connectivity index (χ1v) is 11.3. The van der Waals surface area contributed by atoms with Crippen molar-refractivity contribution < 1.29 is 14.3 Å². The molecule has 0 saturated heterocycles. The van der Waals surface area contributed by atoms with Gasteiger partial charge in [0.2, 0.25) is 5.91 Å². The second-order valence-electron chi connectivity index (χ2n) is 6.36. The lowest BCUT2D eigenvalue weighted by Crippen LogP contribution is -2.33. The van der Waals surface area contributed by atoms with Crippen molar-refractivity contribution in [3.05, 3.63) is 74.0 Å². The van der Waals surface area contributed by atoms with Gasteiger partial charge >= 0.3 is 0 Å². The molecule has 0 saturated carbocycles. The third kappa shape index (κ3) is 4.94. The van der Waals surface area contributed by atoms with Gasteiger partial charge in [0.25, 0.3) is 5.91 Å². The standard InChI is InChI=1S/C22H18Br2N2O3S/c1-4-9-29-20-15(10-16(23)12-17(20)24)11-19-21(28)25-22(30-19)26(14(3)27)18-8-6-5-7-13(18)2/h4-8,10-12H,1,9H2,2-3H3. The predicted octanol–water partition coefficient (Wildman–Crippen LogP) is 6.11. The normalized spacial score (nSPS) is 14.6. The molecule has 0 aromatic heterocycles. The molecule has 1 aliphatic rings. The summed E-state index contributed by atoms with van der Waals surface area (Å²) in [5.74, 6) is -0.0276. The molecule has 154 valence electrons. The number of carbonyl (C=O) groups excluding carboxylic acids is 2. The van der Waals surface area contributed by atoms with Crippen LogP contribution in [0.3, 0.4) is 0 Å². The van der Waals surface area contributed by atoms with E-state index in [4.69, 9.17) is 4.74 Å². The summed E-state index contributed by atoms with van der Waals surface area (Å²) in [6.07, 6.45) is 3.36. The lowest BCUT2D eigenvalue weighted by atomic mass is 10.2. The van der Waals surface area contributed by atoms with Gasteiger partial charge in [-0.15, -0.1) is 0 Å². The first-order chi connectivity index (χ1) is 14.3. The van der Waals surface area contributed by atoms with Gasteiger partial charge in [-0.25, -0.2) is 0 Å². The molecule has 2 aromatic carbocycles. The van der Waals surface area contributed by atoms with Crippen LogP contribution in [0.4, 0.5) is 5.69 Å². The molecule has 3 rings (SSSR count). The van der Waals surface area contributed by atoms with Crippen LogP contribution >= 0.6 is 43.6 Å². The monoisotopic (exact) mass is 548 g/mol. The number of aliphatic imine (C=N–C) groups is 1. The molecule has 8 heteroatoms. The number of amides is 2. The summed E-state index contributed by atoms with van der Waals surface area (Å²) in [6.45, 7) is 7.36. The number of hydrogen-bond donors (Lipinski definition) is 0. The molecule has 2 amide bonds. The van der Waals surface area contributed by atoms with Crippen molar-refractivity contribution >= 4 is 72.4 Å². The van der Waals surface area contributed by atoms with Crippen LogP contribution < -0.4 is 9.64 Å². The van der Waals surface area contributed by atoms with E-state index in [9.17, 15) is 9.59 Å². The first-order valence-electron chi connectivity index (χ1n) is 8.93. The average Bonchev–Trinajstić information content (AvgIpc) is 3.02. The number of thioether (sulfide) groups is 1. The van der Waals surface area contributed by atoms with Crippen molar-refractivity contribution in [2.24, 2.45) is 4.99 Å². The molecule has 0 spiro atoms. The zero-order valence-electron chi connectivity index (χ0n) is 16.3. The molecular weight excluding hydrogens is 532 g/mol. The summed E-state index contributed by atoms with van der Waals surface area (Å²) >= 11 is 8.12. The zero-order valence-corrected chi connectivity index (χ0v) is 20.3. The van der Waals surface area contributed by atoms with Crippen molar-refractivity contribution in [2.75, 3.05) is 11.5 Å². The van der Waals surface area contributed by atoms with Crippen LogP contribution in [0.5, 0.6) is 5.75 Å². The van der Waals surface area contributed by atoms with Gasteiger partial charge in [0, 0.05) is 17.0 Å². The van der Waals surface area contributed by atoms with Crippen LogP contribution in [0.1, 0.15) is 18.1 Å². The van der Waals surface area contributed by atoms with Gasteiger partial charge in [-0.2, -0.15) is 4.99 Å². The second-order valence-corrected chi connectivity index (χ2v) is 9.14. The number of halogens is 2. The topological polar surface area (TPSA) is 59.0 Å². The van der Waals surface area contributed by atoms with Gasteiger partial charge in [-0.05, 0) is 64.5 Å². The third-order valence-corrected chi connectivity index (χ3v) is 6.16. The van der Waals surface area contributed by atoms with Crippen LogP contribution in [-0.4, -0.2) is 23.6 Å². The summed E-state index contributed by atoms with van der Waals surface area (Å²) in [5, 5.41) is 0.329. The van der Waals surface area contributed by atoms with Crippen LogP contribution in [0, 0.1) is 6.92 Å². The number of anilines is 1. The summed E-state index contributed by atoms with van der Waals surface area (Å²) in [7, 11) is 0. The molecule has 5 nitrogen and oxygen atoms in total. The Hall–Kier alpha value is -2.16. The van der Waals surface area contributed by atoms with E-state index < -0.39 is 5.91 Å². The molecule has 1 aliphatic heterocycles. The molecule has 30 heavy (non-hydrogen) atoms. The first kappa shape index (κ1) is 22.5. The highest BCUT2D eigenvalue weighted by molar-refractivity contribution is 9.11. The number of para-hydroxylation sites is 1. The third-order valence-electron chi connectivity index (χ3n) is 4.14. The molecule has 0 atom stereocenters. The minimum absolute atomic E-state index is 0.218. The lowest BCUT2D eigenvalue weighted by molar-refractivity contribution is -0.115. The van der Waals surface area contributed by atoms with Gasteiger partial charge in [0.05, 0.1) is 15.1 Å². The SMILES string of the molecule is C=CCOc1c(Br)cc(Br)cc1C=C1SC(N(C(C)=O)c2ccccc2C)=NC1=O. The van der Waals surface area contributed by atoms with Gasteiger partial charge in [-0.3, -0.25) is 14.5 Å². The van der Waals surface area contributed by atoms with E-state index in [-0.39, 0.29) is 5.91 Å². The maximum atomic E-state index is 12.6. The summed E-state index contributed by atoms with van der Waals surface area (Å²) in [6, 6.07) is 11.2. The highest BCUT2D eigenvalue weighted by Crippen LogP contribution is 2.38. The Morgan fingerprint density at radius 3 is 2.70 bits per heavy atom. The Morgan fingerprint density at radius 2 is 2.03 bits per heavy atom. The zero-order chi connectivity index (χ0) is 21.8. The van der Waals surface area contributed by atoms with E-state index in [2.05, 4.69) is 43.4 Å². The number of amidine groups is 1. The van der Waals surface area contributed by atoms with E-state index in [0.29, 0.717) is 33.7 Å². The molecule has 0 radical (unpaired) electrons. The van der Waals surface area contributed by atoms with Crippen molar-refractivity contribution in [2.45, 2.75) is 13.8 Å². The quantitative estimate of drug-likeness (QED) is 0.333. The number of rotatable bonds is 5. The Labute approximate surface area is 196 Å². The van der Waals surface area contributed by atoms with E-state index in [0.717, 1.165) is 26.3 Å². The number of carbonyl (C=O) groups is 2. The maximum Gasteiger partial charge on any atom is 0.286 e.